The molecule has 2 heterocycles. The topological polar surface area (TPSA) is 54.5 Å². The predicted octanol–water partition coefficient (Wildman–Crippen LogP) is 4.15. The average Bonchev–Trinajstić information content (AvgIpc) is 2.56. The van der Waals surface area contributed by atoms with Gasteiger partial charge in [0.15, 0.2) is 0 Å². The molecule has 0 radical (unpaired) electrons. The van der Waals surface area contributed by atoms with Crippen LogP contribution in [0.2, 0.25) is 5.02 Å². The molecule has 134 valence electrons. The van der Waals surface area contributed by atoms with E-state index in [0.717, 1.165) is 5.69 Å². The van der Waals surface area contributed by atoms with Gasteiger partial charge in [0.05, 0.1) is 17.8 Å². The van der Waals surface area contributed by atoms with Crippen molar-refractivity contribution in [3.63, 3.8) is 0 Å². The van der Waals surface area contributed by atoms with Crippen molar-refractivity contribution in [3.8, 4) is 0 Å². The number of anilines is 2. The van der Waals surface area contributed by atoms with E-state index in [9.17, 15) is 4.79 Å². The molecule has 1 aliphatic heterocycles. The molecule has 2 atom stereocenters. The van der Waals surface area contributed by atoms with Crippen LogP contribution in [-0.4, -0.2) is 41.1 Å². The number of morpholine rings is 1. The van der Waals surface area contributed by atoms with Crippen LogP contribution in [0.1, 0.15) is 24.2 Å². The van der Waals surface area contributed by atoms with Crippen LogP contribution in [-0.2, 0) is 4.74 Å². The Bertz CT molecular complexity index is 697. The molecule has 1 N–H and O–H groups in total. The Hall–Kier alpha value is -1.82. The van der Waals surface area contributed by atoms with Crippen LogP contribution in [0, 0.1) is 0 Å². The van der Waals surface area contributed by atoms with E-state index in [1.54, 1.807) is 18.3 Å². The number of nitrogens with zero attached hydrogens (tertiary/aromatic N) is 2. The molecule has 1 saturated heterocycles. The van der Waals surface area contributed by atoms with Crippen LogP contribution in [0.25, 0.3) is 0 Å². The number of benzene rings is 1. The summed E-state index contributed by atoms with van der Waals surface area (Å²) in [6, 6.07) is 11.0. The minimum absolute atomic E-state index is 0. The van der Waals surface area contributed by atoms with Gasteiger partial charge in [-0.25, -0.2) is 4.98 Å². The average molecular weight is 382 g/mol. The number of rotatable bonds is 3. The minimum atomic E-state index is -0.0115. The van der Waals surface area contributed by atoms with Crippen LogP contribution < -0.4 is 5.32 Å². The summed E-state index contributed by atoms with van der Waals surface area (Å²) in [5.41, 5.74) is 1.47. The van der Waals surface area contributed by atoms with Gasteiger partial charge in [-0.2, -0.15) is 0 Å². The monoisotopic (exact) mass is 381 g/mol. The van der Waals surface area contributed by atoms with Gasteiger partial charge in [-0.3, -0.25) is 4.79 Å². The van der Waals surface area contributed by atoms with Gasteiger partial charge < -0.3 is 15.0 Å². The lowest BCUT2D eigenvalue weighted by atomic mass is 10.2. The summed E-state index contributed by atoms with van der Waals surface area (Å²) >= 11 is 5.87. The molecule has 1 aliphatic rings. The maximum atomic E-state index is 12.6. The summed E-state index contributed by atoms with van der Waals surface area (Å²) in [5.74, 6) is 0.667. The first kappa shape index (κ1) is 19.5. The van der Waals surface area contributed by atoms with E-state index < -0.39 is 0 Å². The molecule has 7 heteroatoms. The lowest BCUT2D eigenvalue weighted by Gasteiger charge is -2.35. The molecule has 0 unspecified atom stereocenters. The van der Waals surface area contributed by atoms with Gasteiger partial charge in [0.2, 0.25) is 0 Å². The van der Waals surface area contributed by atoms with Crippen molar-refractivity contribution in [3.05, 3.63) is 53.2 Å². The number of halogens is 2. The van der Waals surface area contributed by atoms with Gasteiger partial charge in [0.25, 0.3) is 5.91 Å². The molecule has 0 bridgehead atoms. The fourth-order valence-corrected chi connectivity index (χ4v) is 2.93. The standard InChI is InChI=1S/C18H20ClN3O2.ClH/c1-12-10-22(11-13(2)24-12)18(23)14-3-8-17(20-9-14)21-16-6-4-15(19)5-7-16;/h3-9,12-13H,10-11H2,1-2H3,(H,20,21);1H/t12-,13+;. The summed E-state index contributed by atoms with van der Waals surface area (Å²) in [5, 5.41) is 3.86. The fourth-order valence-electron chi connectivity index (χ4n) is 2.80. The second-order valence-electron chi connectivity index (χ2n) is 6.03. The number of pyridine rings is 1. The van der Waals surface area contributed by atoms with Crippen LogP contribution in [0.4, 0.5) is 11.5 Å². The van der Waals surface area contributed by atoms with E-state index in [0.29, 0.717) is 29.5 Å². The van der Waals surface area contributed by atoms with Crippen LogP contribution in [0.3, 0.4) is 0 Å². The molecule has 0 aliphatic carbocycles. The highest BCUT2D eigenvalue weighted by atomic mass is 35.5. The lowest BCUT2D eigenvalue weighted by molar-refractivity contribution is -0.0586. The molecule has 1 aromatic heterocycles. The zero-order valence-corrected chi connectivity index (χ0v) is 15.7. The Kier molecular flexibility index (Phi) is 6.64. The second-order valence-corrected chi connectivity index (χ2v) is 6.47. The smallest absolute Gasteiger partial charge is 0.255 e. The predicted molar refractivity (Wildman–Crippen MR) is 102 cm³/mol. The van der Waals surface area contributed by atoms with E-state index in [1.165, 1.54) is 0 Å². The first-order valence-electron chi connectivity index (χ1n) is 7.94. The third kappa shape index (κ3) is 5.08. The number of carbonyl (C=O) groups is 1. The number of hydrogen-bond donors (Lipinski definition) is 1. The van der Waals surface area contributed by atoms with Crippen molar-refractivity contribution in [2.24, 2.45) is 0 Å². The summed E-state index contributed by atoms with van der Waals surface area (Å²) in [6.07, 6.45) is 1.71. The Balaban J connectivity index is 0.00000225. The Morgan fingerprint density at radius 2 is 1.80 bits per heavy atom. The summed E-state index contributed by atoms with van der Waals surface area (Å²) in [7, 11) is 0. The zero-order chi connectivity index (χ0) is 17.1. The third-order valence-corrected chi connectivity index (χ3v) is 4.09. The molecule has 0 saturated carbocycles. The SMILES string of the molecule is C[C@@H]1CN(C(=O)c2ccc(Nc3ccc(Cl)cc3)nc2)C[C@H](C)O1.Cl. The quantitative estimate of drug-likeness (QED) is 0.867. The minimum Gasteiger partial charge on any atom is -0.372 e. The highest BCUT2D eigenvalue weighted by Gasteiger charge is 2.26. The lowest BCUT2D eigenvalue weighted by Crippen LogP contribution is -2.48. The van der Waals surface area contributed by atoms with E-state index >= 15 is 0 Å². The maximum Gasteiger partial charge on any atom is 0.255 e. The van der Waals surface area contributed by atoms with Crippen molar-refractivity contribution in [1.82, 2.24) is 9.88 Å². The van der Waals surface area contributed by atoms with Crippen LogP contribution in [0.15, 0.2) is 42.6 Å². The Morgan fingerprint density at radius 1 is 1.16 bits per heavy atom. The zero-order valence-electron chi connectivity index (χ0n) is 14.1. The van der Waals surface area contributed by atoms with Gasteiger partial charge in [-0.15, -0.1) is 12.4 Å². The molecule has 1 aromatic carbocycles. The van der Waals surface area contributed by atoms with Gasteiger partial charge in [0, 0.05) is 30.0 Å². The molecular formula is C18H21Cl2N3O2. The normalized spacial score (nSPS) is 19.9. The molecular weight excluding hydrogens is 361 g/mol. The van der Waals surface area contributed by atoms with Gasteiger partial charge in [-0.1, -0.05) is 11.6 Å². The molecule has 0 spiro atoms. The van der Waals surface area contributed by atoms with Gasteiger partial charge in [-0.05, 0) is 50.2 Å². The summed E-state index contributed by atoms with van der Waals surface area (Å²) in [4.78, 5) is 18.7. The summed E-state index contributed by atoms with van der Waals surface area (Å²) in [6.45, 7) is 5.17. The highest BCUT2D eigenvalue weighted by molar-refractivity contribution is 6.30. The third-order valence-electron chi connectivity index (χ3n) is 3.83. The number of carbonyl (C=O) groups excluding carboxylic acids is 1. The molecule has 1 amide bonds. The van der Waals surface area contributed by atoms with Gasteiger partial charge in [0.1, 0.15) is 5.82 Å². The molecule has 1 fully saturated rings. The molecule has 5 nitrogen and oxygen atoms in total. The Morgan fingerprint density at radius 3 is 2.36 bits per heavy atom. The molecule has 2 aromatic rings. The number of aromatic nitrogens is 1. The van der Waals surface area contributed by atoms with Crippen molar-refractivity contribution in [1.29, 1.82) is 0 Å². The van der Waals surface area contributed by atoms with E-state index in [1.807, 2.05) is 43.0 Å². The van der Waals surface area contributed by atoms with E-state index in [2.05, 4.69) is 10.3 Å². The first-order valence-corrected chi connectivity index (χ1v) is 8.32. The number of hydrogen-bond acceptors (Lipinski definition) is 4. The van der Waals surface area contributed by atoms with Crippen molar-refractivity contribution in [2.45, 2.75) is 26.1 Å². The van der Waals surface area contributed by atoms with Crippen molar-refractivity contribution < 1.29 is 9.53 Å². The van der Waals surface area contributed by atoms with Crippen molar-refractivity contribution in [2.75, 3.05) is 18.4 Å². The fraction of sp³-hybridized carbons (Fsp3) is 0.333. The second kappa shape index (κ2) is 8.52. The van der Waals surface area contributed by atoms with Crippen LogP contribution >= 0.6 is 24.0 Å². The van der Waals surface area contributed by atoms with E-state index in [-0.39, 0.29) is 30.5 Å². The number of ether oxygens (including phenoxy) is 1. The molecule has 3 rings (SSSR count). The van der Waals surface area contributed by atoms with E-state index in [4.69, 9.17) is 16.3 Å². The highest BCUT2D eigenvalue weighted by Crippen LogP contribution is 2.19. The largest absolute Gasteiger partial charge is 0.372 e. The van der Waals surface area contributed by atoms with Gasteiger partial charge >= 0.3 is 0 Å². The summed E-state index contributed by atoms with van der Waals surface area (Å²) < 4.78 is 5.67. The van der Waals surface area contributed by atoms with Crippen molar-refractivity contribution >= 4 is 41.4 Å². The number of nitrogens with one attached hydrogen (secondary N) is 1. The van der Waals surface area contributed by atoms with Crippen LogP contribution in [0.5, 0.6) is 0 Å². The first-order chi connectivity index (χ1) is 11.5. The molecule has 25 heavy (non-hydrogen) atoms. The maximum absolute atomic E-state index is 12.6. The Labute approximate surface area is 158 Å². The number of amides is 1.